The van der Waals surface area contributed by atoms with Crippen molar-refractivity contribution in [2.45, 2.75) is 53.0 Å². The van der Waals surface area contributed by atoms with Crippen molar-refractivity contribution in [3.05, 3.63) is 0 Å². The van der Waals surface area contributed by atoms with Gasteiger partial charge in [0.2, 0.25) is 11.8 Å². The Morgan fingerprint density at radius 2 is 2.05 bits per heavy atom. The Balaban J connectivity index is 2.40. The molecule has 0 aliphatic carbocycles. The van der Waals surface area contributed by atoms with Crippen LogP contribution >= 0.6 is 0 Å². The van der Waals surface area contributed by atoms with Crippen molar-refractivity contribution >= 4 is 11.8 Å². The second-order valence-corrected chi connectivity index (χ2v) is 6.49. The van der Waals surface area contributed by atoms with Gasteiger partial charge in [-0.25, -0.2) is 0 Å². The van der Waals surface area contributed by atoms with E-state index in [-0.39, 0.29) is 11.8 Å². The highest BCUT2D eigenvalue weighted by Gasteiger charge is 2.26. The Labute approximate surface area is 122 Å². The molecule has 5 heteroatoms. The minimum absolute atomic E-state index is 0.00475. The zero-order valence-corrected chi connectivity index (χ0v) is 13.3. The lowest BCUT2D eigenvalue weighted by atomic mass is 9.96. The number of hydrogen-bond donors (Lipinski definition) is 2. The smallest absolute Gasteiger partial charge is 0.225 e. The van der Waals surface area contributed by atoms with Crippen molar-refractivity contribution < 1.29 is 9.59 Å². The van der Waals surface area contributed by atoms with Gasteiger partial charge in [-0.3, -0.25) is 9.59 Å². The van der Waals surface area contributed by atoms with E-state index in [9.17, 15) is 9.59 Å². The Morgan fingerprint density at radius 3 is 2.55 bits per heavy atom. The normalized spacial score (nSPS) is 18.9. The first-order valence-corrected chi connectivity index (χ1v) is 7.64. The van der Waals surface area contributed by atoms with Crippen LogP contribution < -0.4 is 10.6 Å². The summed E-state index contributed by atoms with van der Waals surface area (Å²) in [4.78, 5) is 26.0. The van der Waals surface area contributed by atoms with Crippen molar-refractivity contribution in [1.82, 2.24) is 15.5 Å². The molecular weight excluding hydrogens is 254 g/mol. The molecule has 2 amide bonds. The Morgan fingerprint density at radius 1 is 1.35 bits per heavy atom. The maximum Gasteiger partial charge on any atom is 0.225 e. The number of nitrogens with zero attached hydrogens (tertiary/aromatic N) is 1. The molecule has 1 aliphatic heterocycles. The van der Waals surface area contributed by atoms with Gasteiger partial charge >= 0.3 is 0 Å². The largest absolute Gasteiger partial charge is 0.355 e. The van der Waals surface area contributed by atoms with Crippen LogP contribution in [0.25, 0.3) is 0 Å². The third kappa shape index (κ3) is 5.12. The van der Waals surface area contributed by atoms with Gasteiger partial charge < -0.3 is 15.5 Å². The molecule has 1 fully saturated rings. The highest BCUT2D eigenvalue weighted by Crippen LogP contribution is 2.13. The molecule has 0 radical (unpaired) electrons. The molecule has 5 nitrogen and oxygen atoms in total. The van der Waals surface area contributed by atoms with Crippen molar-refractivity contribution in [1.29, 1.82) is 0 Å². The highest BCUT2D eigenvalue weighted by molar-refractivity contribution is 5.82. The van der Waals surface area contributed by atoms with Crippen molar-refractivity contribution in [3.8, 4) is 0 Å². The second-order valence-electron chi connectivity index (χ2n) is 6.49. The van der Waals surface area contributed by atoms with E-state index in [1.807, 2.05) is 25.7 Å². The highest BCUT2D eigenvalue weighted by atomic mass is 16.2. The Bertz CT molecular complexity index is 331. The third-order valence-corrected chi connectivity index (χ3v) is 3.57. The molecule has 0 bridgehead atoms. The van der Waals surface area contributed by atoms with E-state index in [0.29, 0.717) is 19.0 Å². The number of hydrogen-bond acceptors (Lipinski definition) is 3. The van der Waals surface area contributed by atoms with E-state index in [2.05, 4.69) is 17.6 Å². The summed E-state index contributed by atoms with van der Waals surface area (Å²) >= 11 is 0. The molecule has 0 spiro atoms. The number of rotatable bonds is 6. The van der Waals surface area contributed by atoms with E-state index < -0.39 is 5.41 Å². The summed E-state index contributed by atoms with van der Waals surface area (Å²) in [5.74, 6) is 0.143. The lowest BCUT2D eigenvalue weighted by Gasteiger charge is -2.28. The first kappa shape index (κ1) is 17.0. The molecule has 1 rings (SSSR count). The molecule has 0 aromatic carbocycles. The number of amides is 2. The fourth-order valence-corrected chi connectivity index (χ4v) is 2.35. The molecule has 1 heterocycles. The average molecular weight is 283 g/mol. The maximum absolute atomic E-state index is 12.3. The van der Waals surface area contributed by atoms with E-state index >= 15 is 0 Å². The average Bonchev–Trinajstić information content (AvgIpc) is 2.87. The van der Waals surface area contributed by atoms with Gasteiger partial charge in [-0.15, -0.1) is 0 Å². The third-order valence-electron chi connectivity index (χ3n) is 3.57. The summed E-state index contributed by atoms with van der Waals surface area (Å²) in [6.45, 7) is 10.8. The van der Waals surface area contributed by atoms with E-state index in [0.717, 1.165) is 32.5 Å². The quantitative estimate of drug-likeness (QED) is 0.768. The van der Waals surface area contributed by atoms with Gasteiger partial charge in [-0.1, -0.05) is 27.7 Å². The van der Waals surface area contributed by atoms with Crippen LogP contribution in [0.15, 0.2) is 0 Å². The second kappa shape index (κ2) is 7.62. The molecule has 1 atom stereocenters. The van der Waals surface area contributed by atoms with Crippen LogP contribution in [0.4, 0.5) is 0 Å². The van der Waals surface area contributed by atoms with E-state index in [1.165, 1.54) is 0 Å². The Kier molecular flexibility index (Phi) is 6.46. The van der Waals surface area contributed by atoms with Gasteiger partial charge in [0.05, 0.1) is 0 Å². The van der Waals surface area contributed by atoms with E-state index in [1.54, 1.807) is 0 Å². The molecule has 20 heavy (non-hydrogen) atoms. The van der Waals surface area contributed by atoms with Crippen LogP contribution in [-0.2, 0) is 9.59 Å². The predicted octanol–water partition coefficient (Wildman–Crippen LogP) is 1.14. The van der Waals surface area contributed by atoms with Crippen molar-refractivity contribution in [2.75, 3.05) is 26.2 Å². The summed E-state index contributed by atoms with van der Waals surface area (Å²) in [6.07, 6.45) is 2.38. The predicted molar refractivity (Wildman–Crippen MR) is 80.4 cm³/mol. The fraction of sp³-hybridized carbons (Fsp3) is 0.867. The van der Waals surface area contributed by atoms with Crippen LogP contribution in [0.3, 0.4) is 0 Å². The number of carbonyl (C=O) groups excluding carboxylic acids is 2. The zero-order valence-electron chi connectivity index (χ0n) is 13.3. The number of carbonyl (C=O) groups is 2. The first-order valence-electron chi connectivity index (χ1n) is 7.64. The minimum Gasteiger partial charge on any atom is -0.355 e. The zero-order chi connectivity index (χ0) is 15.2. The topological polar surface area (TPSA) is 61.4 Å². The standard InChI is InChI=1S/C15H29N3O2/c1-5-10-18(12-6-8-16-11-12)13(19)7-9-17-14(20)15(2,3)4/h12,16H,5-11H2,1-4H3,(H,17,20). The molecule has 1 unspecified atom stereocenters. The van der Waals surface area contributed by atoms with Crippen LogP contribution in [0.2, 0.25) is 0 Å². The maximum atomic E-state index is 12.3. The summed E-state index contributed by atoms with van der Waals surface area (Å²) in [7, 11) is 0. The Hall–Kier alpha value is -1.10. The lowest BCUT2D eigenvalue weighted by molar-refractivity contribution is -0.133. The van der Waals surface area contributed by atoms with Crippen LogP contribution in [-0.4, -0.2) is 48.9 Å². The number of nitrogens with one attached hydrogen (secondary N) is 2. The molecule has 1 aliphatic rings. The monoisotopic (exact) mass is 283 g/mol. The van der Waals surface area contributed by atoms with Crippen molar-refractivity contribution in [3.63, 3.8) is 0 Å². The lowest BCUT2D eigenvalue weighted by Crippen LogP contribution is -2.44. The molecule has 0 saturated carbocycles. The summed E-state index contributed by atoms with van der Waals surface area (Å²) < 4.78 is 0. The molecule has 116 valence electrons. The summed E-state index contributed by atoms with van der Waals surface area (Å²) in [5, 5.41) is 6.14. The summed E-state index contributed by atoms with van der Waals surface area (Å²) in [6, 6.07) is 0.320. The van der Waals surface area contributed by atoms with Gasteiger partial charge in [0.25, 0.3) is 0 Å². The van der Waals surface area contributed by atoms with Crippen LogP contribution in [0.1, 0.15) is 47.0 Å². The molecule has 1 saturated heterocycles. The fourth-order valence-electron chi connectivity index (χ4n) is 2.35. The minimum atomic E-state index is -0.401. The van der Waals surface area contributed by atoms with Gasteiger partial charge in [0.1, 0.15) is 0 Å². The first-order chi connectivity index (χ1) is 9.36. The van der Waals surface area contributed by atoms with Gasteiger partial charge in [0, 0.05) is 37.5 Å². The molecule has 0 aromatic heterocycles. The molecular formula is C15H29N3O2. The van der Waals surface area contributed by atoms with Gasteiger partial charge in [-0.2, -0.15) is 0 Å². The van der Waals surface area contributed by atoms with Crippen LogP contribution in [0, 0.1) is 5.41 Å². The van der Waals surface area contributed by atoms with Crippen molar-refractivity contribution in [2.24, 2.45) is 5.41 Å². The van der Waals surface area contributed by atoms with E-state index in [4.69, 9.17) is 0 Å². The SMILES string of the molecule is CCCN(C(=O)CCNC(=O)C(C)(C)C)C1CCNC1. The van der Waals surface area contributed by atoms with Gasteiger partial charge in [-0.05, 0) is 19.4 Å². The molecule has 0 aromatic rings. The van der Waals surface area contributed by atoms with Gasteiger partial charge in [0.15, 0.2) is 0 Å². The molecule has 2 N–H and O–H groups in total. The summed E-state index contributed by atoms with van der Waals surface area (Å²) in [5.41, 5.74) is -0.401. The van der Waals surface area contributed by atoms with Crippen LogP contribution in [0.5, 0.6) is 0 Å².